The van der Waals surface area contributed by atoms with Crippen molar-refractivity contribution in [3.63, 3.8) is 0 Å². The highest BCUT2D eigenvalue weighted by atomic mass is 35.5. The molecule has 0 fully saturated rings. The van der Waals surface area contributed by atoms with Crippen molar-refractivity contribution in [1.29, 1.82) is 0 Å². The average Bonchev–Trinajstić information content (AvgIpc) is 2.69. The predicted octanol–water partition coefficient (Wildman–Crippen LogP) is 5.48. The highest BCUT2D eigenvalue weighted by Crippen LogP contribution is 2.19. The molecule has 142 valence electrons. The van der Waals surface area contributed by atoms with E-state index in [9.17, 15) is 9.59 Å². The van der Waals surface area contributed by atoms with Gasteiger partial charge in [0.15, 0.2) is 0 Å². The molecule has 6 heteroatoms. The van der Waals surface area contributed by atoms with Crippen molar-refractivity contribution in [2.45, 2.75) is 13.0 Å². The highest BCUT2D eigenvalue weighted by molar-refractivity contribution is 6.30. The van der Waals surface area contributed by atoms with Gasteiger partial charge in [-0.3, -0.25) is 4.79 Å². The Labute approximate surface area is 168 Å². The summed E-state index contributed by atoms with van der Waals surface area (Å²) in [6, 6.07) is 22.7. The molecule has 0 aliphatic heterocycles. The van der Waals surface area contributed by atoms with Gasteiger partial charge in [0.25, 0.3) is 5.91 Å². The van der Waals surface area contributed by atoms with Gasteiger partial charge >= 0.3 is 6.03 Å². The maximum absolute atomic E-state index is 12.7. The van der Waals surface area contributed by atoms with E-state index in [1.165, 1.54) is 0 Å². The lowest BCUT2D eigenvalue weighted by Gasteiger charge is -2.16. The second-order valence-corrected chi connectivity index (χ2v) is 6.68. The summed E-state index contributed by atoms with van der Waals surface area (Å²) in [4.78, 5) is 25.0. The maximum Gasteiger partial charge on any atom is 0.323 e. The molecule has 3 aromatic carbocycles. The lowest BCUT2D eigenvalue weighted by molar-refractivity contribution is 0.0941. The minimum atomic E-state index is -0.460. The van der Waals surface area contributed by atoms with Gasteiger partial charge in [0.2, 0.25) is 0 Å². The number of hydrogen-bond acceptors (Lipinski definition) is 2. The minimum absolute atomic E-state index is 0.165. The third kappa shape index (κ3) is 5.11. The second kappa shape index (κ2) is 9.06. The van der Waals surface area contributed by atoms with Crippen molar-refractivity contribution in [3.05, 3.63) is 95.0 Å². The molecule has 5 nitrogen and oxygen atoms in total. The molecular formula is C22H20ClN3O2. The largest absolute Gasteiger partial charge is 0.345 e. The average molecular weight is 394 g/mol. The SMILES string of the molecule is CC(NC(=O)c1ccccc1NC(=O)Nc1cccc(Cl)c1)c1ccccc1. The number of carbonyl (C=O) groups is 2. The van der Waals surface area contributed by atoms with Crippen LogP contribution in [0.15, 0.2) is 78.9 Å². The fourth-order valence-corrected chi connectivity index (χ4v) is 2.93. The van der Waals surface area contributed by atoms with E-state index < -0.39 is 6.03 Å². The second-order valence-electron chi connectivity index (χ2n) is 6.24. The molecule has 1 unspecified atom stereocenters. The summed E-state index contributed by atoms with van der Waals surface area (Å²) in [5.41, 5.74) is 2.36. The van der Waals surface area contributed by atoms with E-state index in [2.05, 4.69) is 16.0 Å². The van der Waals surface area contributed by atoms with Crippen LogP contribution in [-0.4, -0.2) is 11.9 Å². The first-order valence-electron chi connectivity index (χ1n) is 8.81. The number of amides is 3. The normalized spacial score (nSPS) is 11.4. The van der Waals surface area contributed by atoms with Gasteiger partial charge in [-0.1, -0.05) is 60.1 Å². The first-order chi connectivity index (χ1) is 13.5. The van der Waals surface area contributed by atoms with Gasteiger partial charge in [0.1, 0.15) is 0 Å². The summed E-state index contributed by atoms with van der Waals surface area (Å²) in [6.07, 6.45) is 0. The van der Waals surface area contributed by atoms with E-state index in [-0.39, 0.29) is 11.9 Å². The summed E-state index contributed by atoms with van der Waals surface area (Å²) in [5, 5.41) is 8.89. The maximum atomic E-state index is 12.7. The molecular weight excluding hydrogens is 374 g/mol. The van der Waals surface area contributed by atoms with Crippen molar-refractivity contribution in [3.8, 4) is 0 Å². The quantitative estimate of drug-likeness (QED) is 0.537. The van der Waals surface area contributed by atoms with Crippen molar-refractivity contribution in [2.24, 2.45) is 0 Å². The standard InChI is InChI=1S/C22H20ClN3O2/c1-15(16-8-3-2-4-9-16)24-21(27)19-12-5-6-13-20(19)26-22(28)25-18-11-7-10-17(23)14-18/h2-15H,1H3,(H,24,27)(H2,25,26,28). The van der Waals surface area contributed by atoms with Crippen LogP contribution in [0.2, 0.25) is 5.02 Å². The van der Waals surface area contributed by atoms with Gasteiger partial charge in [-0.2, -0.15) is 0 Å². The van der Waals surface area contributed by atoms with Crippen molar-refractivity contribution in [1.82, 2.24) is 5.32 Å². The van der Waals surface area contributed by atoms with E-state index in [4.69, 9.17) is 11.6 Å². The van der Waals surface area contributed by atoms with Gasteiger partial charge in [0, 0.05) is 10.7 Å². The Hall–Kier alpha value is -3.31. The molecule has 0 heterocycles. The zero-order valence-corrected chi connectivity index (χ0v) is 16.0. The number of rotatable bonds is 5. The van der Waals surface area contributed by atoms with Gasteiger partial charge in [-0.15, -0.1) is 0 Å². The van der Waals surface area contributed by atoms with Gasteiger partial charge in [-0.05, 0) is 42.8 Å². The van der Waals surface area contributed by atoms with Gasteiger partial charge in [0.05, 0.1) is 17.3 Å². The fraction of sp³-hybridized carbons (Fsp3) is 0.0909. The Balaban J connectivity index is 1.70. The number of para-hydroxylation sites is 1. The van der Waals surface area contributed by atoms with Crippen LogP contribution in [0.4, 0.5) is 16.2 Å². The third-order valence-electron chi connectivity index (χ3n) is 4.15. The number of benzene rings is 3. The topological polar surface area (TPSA) is 70.2 Å². The number of halogens is 1. The molecule has 3 rings (SSSR count). The van der Waals surface area contributed by atoms with E-state index in [1.807, 2.05) is 37.3 Å². The lowest BCUT2D eigenvalue weighted by Crippen LogP contribution is -2.28. The molecule has 3 N–H and O–H groups in total. The molecule has 0 aliphatic carbocycles. The smallest absolute Gasteiger partial charge is 0.323 e. The third-order valence-corrected chi connectivity index (χ3v) is 4.38. The number of carbonyl (C=O) groups excluding carboxylic acids is 2. The van der Waals surface area contributed by atoms with E-state index in [0.29, 0.717) is 22.0 Å². The molecule has 3 aromatic rings. The molecule has 0 spiro atoms. The molecule has 0 aliphatic rings. The van der Waals surface area contributed by atoms with Crippen molar-refractivity contribution < 1.29 is 9.59 Å². The molecule has 28 heavy (non-hydrogen) atoms. The van der Waals surface area contributed by atoms with Crippen LogP contribution >= 0.6 is 11.6 Å². The zero-order chi connectivity index (χ0) is 19.9. The first-order valence-corrected chi connectivity index (χ1v) is 9.19. The first kappa shape index (κ1) is 19.5. The van der Waals surface area contributed by atoms with Crippen molar-refractivity contribution in [2.75, 3.05) is 10.6 Å². The van der Waals surface area contributed by atoms with Crippen LogP contribution < -0.4 is 16.0 Å². The lowest BCUT2D eigenvalue weighted by atomic mass is 10.1. The molecule has 3 amide bonds. The molecule has 1 atom stereocenters. The van der Waals surface area contributed by atoms with Gasteiger partial charge in [-0.25, -0.2) is 4.79 Å². The Kier molecular flexibility index (Phi) is 6.29. The number of anilines is 2. The van der Waals surface area contributed by atoms with E-state index in [1.54, 1.807) is 48.5 Å². The van der Waals surface area contributed by atoms with Crippen LogP contribution in [0.1, 0.15) is 28.9 Å². The van der Waals surface area contributed by atoms with Crippen molar-refractivity contribution >= 4 is 34.9 Å². The summed E-state index contributed by atoms with van der Waals surface area (Å²) in [7, 11) is 0. The van der Waals surface area contributed by atoms with Crippen LogP contribution in [0.3, 0.4) is 0 Å². The Morgan fingerprint density at radius 2 is 1.57 bits per heavy atom. The fourth-order valence-electron chi connectivity index (χ4n) is 2.74. The summed E-state index contributed by atoms with van der Waals surface area (Å²) in [5.74, 6) is -0.269. The Morgan fingerprint density at radius 1 is 0.857 bits per heavy atom. The molecule has 0 aromatic heterocycles. The zero-order valence-electron chi connectivity index (χ0n) is 15.3. The Bertz CT molecular complexity index is 976. The monoisotopic (exact) mass is 393 g/mol. The van der Waals surface area contributed by atoms with Crippen LogP contribution in [0, 0.1) is 0 Å². The van der Waals surface area contributed by atoms with Crippen LogP contribution in [0.5, 0.6) is 0 Å². The predicted molar refractivity (Wildman–Crippen MR) is 113 cm³/mol. The summed E-state index contributed by atoms with van der Waals surface area (Å²) in [6.45, 7) is 1.91. The van der Waals surface area contributed by atoms with E-state index >= 15 is 0 Å². The summed E-state index contributed by atoms with van der Waals surface area (Å²) >= 11 is 5.93. The number of urea groups is 1. The summed E-state index contributed by atoms with van der Waals surface area (Å²) < 4.78 is 0. The molecule has 0 bridgehead atoms. The molecule has 0 saturated heterocycles. The van der Waals surface area contributed by atoms with Gasteiger partial charge < -0.3 is 16.0 Å². The Morgan fingerprint density at radius 3 is 2.32 bits per heavy atom. The minimum Gasteiger partial charge on any atom is -0.345 e. The van der Waals surface area contributed by atoms with Crippen LogP contribution in [0.25, 0.3) is 0 Å². The van der Waals surface area contributed by atoms with Crippen LogP contribution in [-0.2, 0) is 0 Å². The van der Waals surface area contributed by atoms with E-state index in [0.717, 1.165) is 5.56 Å². The number of hydrogen-bond donors (Lipinski definition) is 3. The molecule has 0 radical (unpaired) electrons. The molecule has 0 saturated carbocycles. The highest BCUT2D eigenvalue weighted by Gasteiger charge is 2.16. The number of nitrogens with one attached hydrogen (secondary N) is 3.